The topological polar surface area (TPSA) is 18.5 Å². The van der Waals surface area contributed by atoms with Crippen molar-refractivity contribution in [3.8, 4) is 0 Å². The van der Waals surface area contributed by atoms with Crippen molar-refractivity contribution < 1.29 is 35.8 Å². The van der Waals surface area contributed by atoms with Gasteiger partial charge in [-0.2, -0.15) is 26.3 Å². The highest BCUT2D eigenvalue weighted by Gasteiger charge is 2.34. The maximum absolute atomic E-state index is 12.5. The fourth-order valence-corrected chi connectivity index (χ4v) is 10.3. The van der Waals surface area contributed by atoms with Gasteiger partial charge in [0.1, 0.15) is 0 Å². The van der Waals surface area contributed by atoms with Crippen LogP contribution in [0.5, 0.6) is 0 Å². The number of benzene rings is 2. The van der Waals surface area contributed by atoms with E-state index in [9.17, 15) is 26.3 Å². The molecule has 310 valence electrons. The molecule has 0 atom stereocenters. The molecule has 2 aromatic carbocycles. The van der Waals surface area contributed by atoms with Crippen LogP contribution in [0.15, 0.2) is 48.5 Å². The molecule has 4 fully saturated rings. The zero-order chi connectivity index (χ0) is 39.3. The average molecular weight is 779 g/mol. The van der Waals surface area contributed by atoms with E-state index in [1.165, 1.54) is 127 Å². The highest BCUT2D eigenvalue weighted by molar-refractivity contribution is 5.27. The lowest BCUT2D eigenvalue weighted by Crippen LogP contribution is -2.28. The van der Waals surface area contributed by atoms with Crippen LogP contribution in [0.2, 0.25) is 0 Å². The molecule has 2 nitrogen and oxygen atoms in total. The number of halogens is 6. The van der Waals surface area contributed by atoms with Gasteiger partial charge in [-0.3, -0.25) is 0 Å². The average Bonchev–Trinajstić information content (AvgIpc) is 3.18. The maximum atomic E-state index is 12.5. The summed E-state index contributed by atoms with van der Waals surface area (Å²) in [5, 5.41) is 0. The zero-order valence-electron chi connectivity index (χ0n) is 33.6. The predicted molar refractivity (Wildman–Crippen MR) is 210 cm³/mol. The molecule has 0 radical (unpaired) electrons. The molecular formula is C47H68F6O2. The Kier molecular flexibility index (Phi) is 17.3. The predicted octanol–water partition coefficient (Wildman–Crippen LogP) is 14.5. The number of hydrogen-bond acceptors (Lipinski definition) is 2. The molecular weight excluding hydrogens is 711 g/mol. The van der Waals surface area contributed by atoms with E-state index in [1.54, 1.807) is 24.3 Å². The summed E-state index contributed by atoms with van der Waals surface area (Å²) in [6.07, 6.45) is 14.4. The molecule has 0 heterocycles. The monoisotopic (exact) mass is 779 g/mol. The number of rotatable bonds is 13. The minimum atomic E-state index is -4.13. The molecule has 0 aliphatic heterocycles. The Balaban J connectivity index is 0.000000211. The van der Waals surface area contributed by atoms with Gasteiger partial charge in [-0.05, 0) is 173 Å². The first-order valence-corrected chi connectivity index (χ1v) is 21.9. The number of ether oxygens (including phenoxy) is 2. The smallest absolute Gasteiger partial charge is 0.378 e. The number of hydrogen-bond donors (Lipinski definition) is 0. The molecule has 0 bridgehead atoms. The molecule has 0 saturated heterocycles. The standard InChI is InChI=1S/C24H35F3O.C23H33F3O/c1-2-3-16-28-23-14-12-22(13-15-23)21-10-8-20(9-11-21)19-6-4-18(5-7-19)17-24(25,26)27;1-2-15-27-22-13-11-21(12-14-22)20-9-7-19(8-10-20)18-5-3-17(4-6-18)16-23(24,25)26/h4-7,20-23H,2-3,8-17H2,1H3;3-6,19-22H,2,7-16H2,1H3. The summed E-state index contributed by atoms with van der Waals surface area (Å²) < 4.78 is 86.9. The first-order chi connectivity index (χ1) is 26.4. The highest BCUT2D eigenvalue weighted by Crippen LogP contribution is 2.45. The van der Waals surface area contributed by atoms with E-state index < -0.39 is 25.2 Å². The van der Waals surface area contributed by atoms with E-state index >= 15 is 0 Å². The van der Waals surface area contributed by atoms with Gasteiger partial charge in [0.15, 0.2) is 0 Å². The van der Waals surface area contributed by atoms with Gasteiger partial charge in [0, 0.05) is 13.2 Å². The van der Waals surface area contributed by atoms with Crippen LogP contribution in [-0.2, 0) is 22.3 Å². The fourth-order valence-electron chi connectivity index (χ4n) is 10.3. The summed E-state index contributed by atoms with van der Waals surface area (Å²) in [7, 11) is 0. The van der Waals surface area contributed by atoms with Crippen molar-refractivity contribution in [3.63, 3.8) is 0 Å². The summed E-state index contributed by atoms with van der Waals surface area (Å²) in [6.45, 7) is 6.17. The molecule has 55 heavy (non-hydrogen) atoms. The van der Waals surface area contributed by atoms with Crippen molar-refractivity contribution in [1.82, 2.24) is 0 Å². The van der Waals surface area contributed by atoms with E-state index in [0.717, 1.165) is 43.3 Å². The van der Waals surface area contributed by atoms with Crippen LogP contribution >= 0.6 is 0 Å². The van der Waals surface area contributed by atoms with Crippen molar-refractivity contribution in [3.05, 3.63) is 70.8 Å². The lowest BCUT2D eigenvalue weighted by Gasteiger charge is -2.38. The first-order valence-electron chi connectivity index (χ1n) is 21.9. The van der Waals surface area contributed by atoms with Crippen LogP contribution < -0.4 is 0 Å². The lowest BCUT2D eigenvalue weighted by atomic mass is 9.69. The first kappa shape index (κ1) is 44.1. The van der Waals surface area contributed by atoms with Crippen molar-refractivity contribution in [2.24, 2.45) is 23.7 Å². The summed E-state index contributed by atoms with van der Waals surface area (Å²) in [6, 6.07) is 14.3. The summed E-state index contributed by atoms with van der Waals surface area (Å²) in [4.78, 5) is 0. The Hall–Kier alpha value is -2.06. The molecule has 4 aliphatic rings. The minimum Gasteiger partial charge on any atom is -0.378 e. The Morgan fingerprint density at radius 2 is 0.764 bits per heavy atom. The third kappa shape index (κ3) is 15.0. The van der Waals surface area contributed by atoms with Gasteiger partial charge in [-0.25, -0.2) is 0 Å². The Labute approximate surface area is 327 Å². The Morgan fingerprint density at radius 3 is 1.07 bits per heavy atom. The number of unbranched alkanes of at least 4 members (excludes halogenated alkanes) is 1. The van der Waals surface area contributed by atoms with E-state index in [-0.39, 0.29) is 0 Å². The highest BCUT2D eigenvalue weighted by atomic mass is 19.4. The van der Waals surface area contributed by atoms with Crippen molar-refractivity contribution >= 4 is 0 Å². The van der Waals surface area contributed by atoms with Gasteiger partial charge in [-0.1, -0.05) is 68.8 Å². The zero-order valence-corrected chi connectivity index (χ0v) is 33.6. The second-order valence-corrected chi connectivity index (χ2v) is 17.5. The van der Waals surface area contributed by atoms with Crippen molar-refractivity contribution in [2.75, 3.05) is 13.2 Å². The molecule has 8 heteroatoms. The molecule has 6 rings (SSSR count). The van der Waals surface area contributed by atoms with Crippen LogP contribution in [0.25, 0.3) is 0 Å². The molecule has 0 aromatic heterocycles. The molecule has 0 amide bonds. The Morgan fingerprint density at radius 1 is 0.436 bits per heavy atom. The van der Waals surface area contributed by atoms with Crippen LogP contribution in [-0.4, -0.2) is 37.8 Å². The van der Waals surface area contributed by atoms with Crippen molar-refractivity contribution in [1.29, 1.82) is 0 Å². The fraction of sp³-hybridized carbons (Fsp3) is 0.745. The molecule has 0 N–H and O–H groups in total. The van der Waals surface area contributed by atoms with E-state index in [1.807, 2.05) is 24.3 Å². The molecule has 4 saturated carbocycles. The maximum Gasteiger partial charge on any atom is 0.393 e. The Bertz CT molecular complexity index is 1320. The van der Waals surface area contributed by atoms with Crippen molar-refractivity contribution in [2.45, 2.75) is 185 Å². The van der Waals surface area contributed by atoms with E-state index in [4.69, 9.17) is 9.47 Å². The van der Waals surface area contributed by atoms with Gasteiger partial charge in [0.2, 0.25) is 0 Å². The second kappa shape index (κ2) is 21.6. The van der Waals surface area contributed by atoms with E-state index in [0.29, 0.717) is 35.2 Å². The van der Waals surface area contributed by atoms with Gasteiger partial charge in [0.05, 0.1) is 25.0 Å². The molecule has 4 aliphatic carbocycles. The minimum absolute atomic E-state index is 0.363. The third-order valence-electron chi connectivity index (χ3n) is 13.4. The quantitative estimate of drug-likeness (QED) is 0.149. The van der Waals surface area contributed by atoms with Gasteiger partial charge in [0.25, 0.3) is 0 Å². The molecule has 0 unspecified atom stereocenters. The summed E-state index contributed by atoms with van der Waals surface area (Å²) in [5.74, 6) is 4.40. The molecule has 0 spiro atoms. The van der Waals surface area contributed by atoms with Gasteiger partial charge in [-0.15, -0.1) is 0 Å². The third-order valence-corrected chi connectivity index (χ3v) is 13.4. The van der Waals surface area contributed by atoms with Crippen LogP contribution in [0.3, 0.4) is 0 Å². The van der Waals surface area contributed by atoms with Gasteiger partial charge >= 0.3 is 12.4 Å². The lowest BCUT2D eigenvalue weighted by molar-refractivity contribution is -0.128. The largest absolute Gasteiger partial charge is 0.393 e. The SMILES string of the molecule is CCCCOC1CCC(C2CCC(c3ccc(CC(F)(F)F)cc3)CC2)CC1.CCCOC1CCC(C2CCC(c3ccc(CC(F)(F)F)cc3)CC2)CC1. The summed E-state index contributed by atoms with van der Waals surface area (Å²) >= 11 is 0. The van der Waals surface area contributed by atoms with Crippen LogP contribution in [0, 0.1) is 23.7 Å². The van der Waals surface area contributed by atoms with Crippen LogP contribution in [0.1, 0.15) is 170 Å². The second-order valence-electron chi connectivity index (χ2n) is 17.5. The van der Waals surface area contributed by atoms with E-state index in [2.05, 4.69) is 13.8 Å². The van der Waals surface area contributed by atoms with Crippen LogP contribution in [0.4, 0.5) is 26.3 Å². The van der Waals surface area contributed by atoms with Gasteiger partial charge < -0.3 is 9.47 Å². The normalized spacial score (nSPS) is 29.3. The molecule has 2 aromatic rings. The number of alkyl halides is 6. The summed E-state index contributed by atoms with van der Waals surface area (Å²) in [5.41, 5.74) is 3.17.